The Bertz CT molecular complexity index is 407. The average molecular weight is 267 g/mol. The predicted octanol–water partition coefficient (Wildman–Crippen LogP) is 4.04. The van der Waals surface area contributed by atoms with Crippen LogP contribution in [0.4, 0.5) is 4.39 Å². The maximum Gasteiger partial charge on any atom is 0.137 e. The quantitative estimate of drug-likeness (QED) is 0.808. The molecular weight excluding hydrogens is 245 g/mol. The summed E-state index contributed by atoms with van der Waals surface area (Å²) in [6.45, 7) is 5.54. The minimum Gasteiger partial charge on any atom is -0.314 e. The fourth-order valence-electron chi connectivity index (χ4n) is 2.74. The first-order valence-electron chi connectivity index (χ1n) is 6.74. The fourth-order valence-corrected chi connectivity index (χ4v) is 3.20. The predicted molar refractivity (Wildman–Crippen MR) is 76.8 cm³/mol. The zero-order valence-corrected chi connectivity index (χ0v) is 12.2. The van der Waals surface area contributed by atoms with Gasteiger partial charge >= 0.3 is 0 Å². The van der Waals surface area contributed by atoms with Gasteiger partial charge in [-0.25, -0.2) is 4.39 Å². The number of thioether (sulfide) groups is 1. The number of hydrogen-bond acceptors (Lipinski definition) is 2. The highest BCUT2D eigenvalue weighted by molar-refractivity contribution is 7.98. The number of rotatable bonds is 5. The van der Waals surface area contributed by atoms with E-state index in [0.29, 0.717) is 17.9 Å². The number of halogens is 1. The van der Waals surface area contributed by atoms with Crippen molar-refractivity contribution in [2.45, 2.75) is 43.5 Å². The van der Waals surface area contributed by atoms with E-state index in [-0.39, 0.29) is 5.82 Å². The summed E-state index contributed by atoms with van der Waals surface area (Å²) in [7, 11) is 0. The van der Waals surface area contributed by atoms with Crippen LogP contribution < -0.4 is 5.32 Å². The lowest BCUT2D eigenvalue weighted by Gasteiger charge is -2.44. The van der Waals surface area contributed by atoms with Gasteiger partial charge in [-0.15, -0.1) is 11.8 Å². The van der Waals surface area contributed by atoms with Crippen LogP contribution in [0.15, 0.2) is 23.1 Å². The second-order valence-electron chi connectivity index (χ2n) is 5.16. The monoisotopic (exact) mass is 267 g/mol. The molecule has 3 heteroatoms. The van der Waals surface area contributed by atoms with Crippen molar-refractivity contribution in [3.05, 3.63) is 29.6 Å². The molecule has 0 radical (unpaired) electrons. The van der Waals surface area contributed by atoms with Crippen LogP contribution in [-0.2, 0) is 0 Å². The lowest BCUT2D eigenvalue weighted by molar-refractivity contribution is 0.184. The second kappa shape index (κ2) is 6.07. The van der Waals surface area contributed by atoms with Gasteiger partial charge in [0.25, 0.3) is 0 Å². The zero-order valence-electron chi connectivity index (χ0n) is 11.4. The maximum atomic E-state index is 13.8. The van der Waals surface area contributed by atoms with E-state index in [9.17, 15) is 4.39 Å². The molecule has 18 heavy (non-hydrogen) atoms. The Labute approximate surface area is 114 Å². The van der Waals surface area contributed by atoms with Crippen molar-refractivity contribution < 1.29 is 4.39 Å². The molecule has 100 valence electrons. The first-order chi connectivity index (χ1) is 8.67. The molecule has 0 aliphatic heterocycles. The highest BCUT2D eigenvalue weighted by Gasteiger charge is 2.38. The zero-order chi connectivity index (χ0) is 13.1. The van der Waals surface area contributed by atoms with E-state index in [4.69, 9.17) is 0 Å². The SMILES string of the molecule is CCCNC1CC(c2ccc(SC)c(F)c2)C1C. The van der Waals surface area contributed by atoms with Gasteiger partial charge in [-0.05, 0) is 55.2 Å². The molecule has 1 nitrogen and oxygen atoms in total. The third-order valence-electron chi connectivity index (χ3n) is 4.04. The first-order valence-corrected chi connectivity index (χ1v) is 7.96. The molecule has 0 spiro atoms. The van der Waals surface area contributed by atoms with E-state index in [1.807, 2.05) is 12.3 Å². The van der Waals surface area contributed by atoms with Gasteiger partial charge in [-0.2, -0.15) is 0 Å². The Kier molecular flexibility index (Phi) is 4.68. The summed E-state index contributed by atoms with van der Waals surface area (Å²) < 4.78 is 13.8. The van der Waals surface area contributed by atoms with Crippen LogP contribution in [0.2, 0.25) is 0 Å². The van der Waals surface area contributed by atoms with Crippen molar-refractivity contribution in [2.24, 2.45) is 5.92 Å². The molecule has 3 atom stereocenters. The van der Waals surface area contributed by atoms with E-state index in [0.717, 1.165) is 23.4 Å². The topological polar surface area (TPSA) is 12.0 Å². The largest absolute Gasteiger partial charge is 0.314 e. The lowest BCUT2D eigenvalue weighted by atomic mass is 9.67. The molecule has 0 heterocycles. The third kappa shape index (κ3) is 2.72. The number of benzene rings is 1. The van der Waals surface area contributed by atoms with Crippen LogP contribution in [-0.4, -0.2) is 18.8 Å². The summed E-state index contributed by atoms with van der Waals surface area (Å²) in [5.41, 5.74) is 1.16. The van der Waals surface area contributed by atoms with Crippen LogP contribution in [0, 0.1) is 11.7 Å². The molecule has 3 unspecified atom stereocenters. The summed E-state index contributed by atoms with van der Waals surface area (Å²) in [4.78, 5) is 0.742. The van der Waals surface area contributed by atoms with Gasteiger partial charge in [0.1, 0.15) is 5.82 Å². The summed E-state index contributed by atoms with van der Waals surface area (Å²) in [5.74, 6) is 1.05. The second-order valence-corrected chi connectivity index (χ2v) is 6.00. The number of hydrogen-bond donors (Lipinski definition) is 1. The normalized spacial score (nSPS) is 27.0. The third-order valence-corrected chi connectivity index (χ3v) is 4.81. The van der Waals surface area contributed by atoms with Gasteiger partial charge in [0.2, 0.25) is 0 Å². The highest BCUT2D eigenvalue weighted by atomic mass is 32.2. The minimum atomic E-state index is -0.0721. The molecule has 0 bridgehead atoms. The van der Waals surface area contributed by atoms with Crippen molar-refractivity contribution in [1.29, 1.82) is 0 Å². The van der Waals surface area contributed by atoms with Gasteiger partial charge < -0.3 is 5.32 Å². The first kappa shape index (κ1) is 13.9. The van der Waals surface area contributed by atoms with Gasteiger partial charge in [0.05, 0.1) is 0 Å². The van der Waals surface area contributed by atoms with Crippen LogP contribution >= 0.6 is 11.8 Å². The average Bonchev–Trinajstić information content (AvgIpc) is 2.37. The van der Waals surface area contributed by atoms with Gasteiger partial charge in [-0.3, -0.25) is 0 Å². The summed E-state index contributed by atoms with van der Waals surface area (Å²) >= 11 is 1.47. The Morgan fingerprint density at radius 1 is 1.44 bits per heavy atom. The van der Waals surface area contributed by atoms with Crippen molar-refractivity contribution in [3.63, 3.8) is 0 Å². The molecule has 0 aromatic heterocycles. The molecule has 1 saturated carbocycles. The molecule has 1 fully saturated rings. The van der Waals surface area contributed by atoms with E-state index in [2.05, 4.69) is 25.2 Å². The molecule has 1 aliphatic rings. The standard InChI is InChI=1S/C15H22FNS/c1-4-7-17-14-9-12(10(14)2)11-5-6-15(18-3)13(16)8-11/h5-6,8,10,12,14,17H,4,7,9H2,1-3H3. The van der Waals surface area contributed by atoms with Crippen molar-refractivity contribution in [1.82, 2.24) is 5.32 Å². The maximum absolute atomic E-state index is 13.8. The molecule has 1 N–H and O–H groups in total. The summed E-state index contributed by atoms with van der Waals surface area (Å²) in [6, 6.07) is 6.34. The minimum absolute atomic E-state index is 0.0721. The van der Waals surface area contributed by atoms with E-state index in [1.54, 1.807) is 6.07 Å². The van der Waals surface area contributed by atoms with Gasteiger partial charge in [-0.1, -0.05) is 19.9 Å². The van der Waals surface area contributed by atoms with Crippen LogP contribution in [0.25, 0.3) is 0 Å². The Balaban J connectivity index is 2.00. The molecule has 1 aliphatic carbocycles. The molecule has 1 aromatic rings. The lowest BCUT2D eigenvalue weighted by Crippen LogP contribution is -2.48. The smallest absolute Gasteiger partial charge is 0.137 e. The highest BCUT2D eigenvalue weighted by Crippen LogP contribution is 2.43. The number of nitrogens with one attached hydrogen (secondary N) is 1. The van der Waals surface area contributed by atoms with E-state index >= 15 is 0 Å². The Morgan fingerprint density at radius 2 is 2.22 bits per heavy atom. The van der Waals surface area contributed by atoms with Crippen molar-refractivity contribution >= 4 is 11.8 Å². The summed E-state index contributed by atoms with van der Waals surface area (Å²) in [6.07, 6.45) is 4.22. The molecule has 0 saturated heterocycles. The molecule has 1 aromatic carbocycles. The fraction of sp³-hybridized carbons (Fsp3) is 0.600. The Morgan fingerprint density at radius 3 is 2.78 bits per heavy atom. The Hall–Kier alpha value is -0.540. The summed E-state index contributed by atoms with van der Waals surface area (Å²) in [5, 5.41) is 3.56. The van der Waals surface area contributed by atoms with E-state index in [1.165, 1.54) is 18.2 Å². The van der Waals surface area contributed by atoms with Crippen molar-refractivity contribution in [3.8, 4) is 0 Å². The van der Waals surface area contributed by atoms with E-state index < -0.39 is 0 Å². The van der Waals surface area contributed by atoms with Gasteiger partial charge in [0, 0.05) is 10.9 Å². The van der Waals surface area contributed by atoms with Gasteiger partial charge in [0.15, 0.2) is 0 Å². The molecule has 2 rings (SSSR count). The van der Waals surface area contributed by atoms with Crippen LogP contribution in [0.3, 0.4) is 0 Å². The van der Waals surface area contributed by atoms with Crippen LogP contribution in [0.5, 0.6) is 0 Å². The molecular formula is C15H22FNS. The molecule has 0 amide bonds. The van der Waals surface area contributed by atoms with Crippen LogP contribution in [0.1, 0.15) is 38.2 Å². The van der Waals surface area contributed by atoms with Crippen molar-refractivity contribution in [2.75, 3.05) is 12.8 Å².